The molecule has 0 aliphatic carbocycles. The largest absolute Gasteiger partial charge is 0.312 e. The molecule has 8 heteroatoms. The smallest absolute Gasteiger partial charge is 0.163 e. The summed E-state index contributed by atoms with van der Waals surface area (Å²) in [4.78, 5) is 4.21. The molecule has 0 saturated carbocycles. The Kier molecular flexibility index (Phi) is 2.98. The van der Waals surface area contributed by atoms with Crippen molar-refractivity contribution in [1.29, 1.82) is 0 Å². The Morgan fingerprint density at radius 3 is 3.11 bits per heavy atom. The Morgan fingerprint density at radius 1 is 1.47 bits per heavy atom. The summed E-state index contributed by atoms with van der Waals surface area (Å²) in [5.74, 6) is 1.10. The van der Waals surface area contributed by atoms with Crippen LogP contribution in [0.2, 0.25) is 0 Å². The van der Waals surface area contributed by atoms with Gasteiger partial charge in [0.05, 0.1) is 11.5 Å². The van der Waals surface area contributed by atoms with E-state index >= 15 is 0 Å². The number of aryl methyl sites for hydroxylation is 1. The van der Waals surface area contributed by atoms with E-state index in [0.29, 0.717) is 13.0 Å². The summed E-state index contributed by atoms with van der Waals surface area (Å²) in [6.07, 6.45) is 2.21. The molecule has 1 N–H and O–H groups in total. The summed E-state index contributed by atoms with van der Waals surface area (Å²) in [5.41, 5.74) is 1.62. The number of aromatic nitrogens is 4. The van der Waals surface area contributed by atoms with Crippen molar-refractivity contribution in [3.05, 3.63) is 23.9 Å². The van der Waals surface area contributed by atoms with Gasteiger partial charge in [-0.1, -0.05) is 0 Å². The van der Waals surface area contributed by atoms with Crippen molar-refractivity contribution in [2.75, 3.05) is 18.1 Å². The molecule has 1 atom stereocenters. The van der Waals surface area contributed by atoms with Crippen molar-refractivity contribution in [3.63, 3.8) is 0 Å². The molecule has 19 heavy (non-hydrogen) atoms. The van der Waals surface area contributed by atoms with Crippen LogP contribution >= 0.6 is 0 Å². The van der Waals surface area contributed by atoms with Gasteiger partial charge in [-0.15, -0.1) is 10.2 Å². The Bertz CT molecular complexity index is 709. The van der Waals surface area contributed by atoms with Crippen LogP contribution in [0.25, 0.3) is 5.65 Å². The lowest BCUT2D eigenvalue weighted by Crippen LogP contribution is -2.46. The first-order valence-corrected chi connectivity index (χ1v) is 7.96. The van der Waals surface area contributed by atoms with E-state index in [-0.39, 0.29) is 17.5 Å². The number of hydrogen-bond donors (Lipinski definition) is 1. The topological polar surface area (TPSA) is 89.2 Å². The van der Waals surface area contributed by atoms with Gasteiger partial charge in [0.2, 0.25) is 0 Å². The van der Waals surface area contributed by atoms with Gasteiger partial charge in [-0.3, -0.25) is 4.40 Å². The first-order chi connectivity index (χ1) is 9.03. The molecule has 1 aliphatic heterocycles. The molecule has 0 bridgehead atoms. The van der Waals surface area contributed by atoms with Crippen molar-refractivity contribution in [3.8, 4) is 0 Å². The third-order valence-corrected chi connectivity index (χ3v) is 4.97. The van der Waals surface area contributed by atoms with Crippen molar-refractivity contribution < 1.29 is 8.42 Å². The molecule has 1 unspecified atom stereocenters. The van der Waals surface area contributed by atoms with E-state index in [1.807, 2.05) is 13.0 Å². The third kappa shape index (κ3) is 2.59. The number of nitrogens with zero attached hydrogens (tertiary/aromatic N) is 4. The summed E-state index contributed by atoms with van der Waals surface area (Å²) in [7, 11) is -2.93. The van der Waals surface area contributed by atoms with Gasteiger partial charge in [0.1, 0.15) is 12.2 Å². The van der Waals surface area contributed by atoms with E-state index in [4.69, 9.17) is 0 Å². The average Bonchev–Trinajstić information content (AvgIpc) is 2.70. The average molecular weight is 281 g/mol. The lowest BCUT2D eigenvalue weighted by Gasteiger charge is -2.22. The number of fused-ring (bicyclic) bond motifs is 1. The van der Waals surface area contributed by atoms with Gasteiger partial charge >= 0.3 is 0 Å². The van der Waals surface area contributed by atoms with Gasteiger partial charge in [0, 0.05) is 30.8 Å². The Morgan fingerprint density at radius 2 is 2.32 bits per heavy atom. The monoisotopic (exact) mass is 281 g/mol. The predicted molar refractivity (Wildman–Crippen MR) is 69.7 cm³/mol. The zero-order valence-corrected chi connectivity index (χ0v) is 11.4. The quantitative estimate of drug-likeness (QED) is 0.788. The second kappa shape index (κ2) is 4.53. The first kappa shape index (κ1) is 12.5. The van der Waals surface area contributed by atoms with E-state index in [9.17, 15) is 8.42 Å². The summed E-state index contributed by atoms with van der Waals surface area (Å²) in [6.45, 7) is 2.39. The minimum Gasteiger partial charge on any atom is -0.312 e. The molecule has 1 fully saturated rings. The molecule has 7 nitrogen and oxygen atoms in total. The second-order valence-electron chi connectivity index (χ2n) is 4.84. The zero-order chi connectivity index (χ0) is 13.5. The maximum absolute atomic E-state index is 11.6. The maximum atomic E-state index is 11.6. The zero-order valence-electron chi connectivity index (χ0n) is 10.6. The molecule has 0 spiro atoms. The molecular weight excluding hydrogens is 266 g/mol. The van der Waals surface area contributed by atoms with Gasteiger partial charge in [-0.2, -0.15) is 0 Å². The molecule has 0 amide bonds. The lowest BCUT2D eigenvalue weighted by atomic mass is 10.2. The summed E-state index contributed by atoms with van der Waals surface area (Å²) < 4.78 is 25.0. The van der Waals surface area contributed by atoms with Gasteiger partial charge in [0.15, 0.2) is 15.5 Å². The van der Waals surface area contributed by atoms with Gasteiger partial charge < -0.3 is 5.32 Å². The van der Waals surface area contributed by atoms with Crippen molar-refractivity contribution in [2.24, 2.45) is 0 Å². The number of sulfone groups is 1. The highest BCUT2D eigenvalue weighted by Crippen LogP contribution is 2.09. The van der Waals surface area contributed by atoms with Crippen molar-refractivity contribution in [1.82, 2.24) is 24.9 Å². The Hall–Kier alpha value is -1.54. The molecule has 1 saturated heterocycles. The van der Waals surface area contributed by atoms with E-state index in [1.54, 1.807) is 10.7 Å². The molecule has 3 heterocycles. The summed E-state index contributed by atoms with van der Waals surface area (Å²) in [6, 6.07) is 1.74. The Labute approximate surface area is 111 Å². The van der Waals surface area contributed by atoms with Crippen LogP contribution in [0.1, 0.15) is 11.5 Å². The fraction of sp³-hybridized carbons (Fsp3) is 0.545. The highest BCUT2D eigenvalue weighted by molar-refractivity contribution is 7.91. The second-order valence-corrected chi connectivity index (χ2v) is 7.07. The van der Waals surface area contributed by atoms with E-state index in [1.165, 1.54) is 0 Å². The number of nitrogens with one attached hydrogen (secondary N) is 1. The van der Waals surface area contributed by atoms with E-state index in [2.05, 4.69) is 20.5 Å². The Balaban J connectivity index is 1.85. The van der Waals surface area contributed by atoms with Gasteiger partial charge in [-0.05, 0) is 6.92 Å². The molecular formula is C11H15N5O2S. The molecule has 3 rings (SSSR count). The fourth-order valence-corrected chi connectivity index (χ4v) is 3.74. The highest BCUT2D eigenvalue weighted by atomic mass is 32.2. The number of hydrogen-bond acceptors (Lipinski definition) is 6. The van der Waals surface area contributed by atoms with Crippen LogP contribution in [0.5, 0.6) is 0 Å². The van der Waals surface area contributed by atoms with Crippen molar-refractivity contribution in [2.45, 2.75) is 19.4 Å². The van der Waals surface area contributed by atoms with Crippen LogP contribution in [0, 0.1) is 6.92 Å². The standard InChI is InChI=1S/C11H15N5O2S/c1-8-4-10-14-15-11(16(10)7-13-8)5-9-6-19(17,18)3-2-12-9/h4,7,9,12H,2-3,5-6H2,1H3. The molecule has 102 valence electrons. The predicted octanol–water partition coefficient (Wildman–Crippen LogP) is -0.638. The van der Waals surface area contributed by atoms with Crippen LogP contribution in [-0.2, 0) is 16.3 Å². The van der Waals surface area contributed by atoms with Crippen LogP contribution in [-0.4, -0.2) is 52.1 Å². The minimum atomic E-state index is -2.93. The van der Waals surface area contributed by atoms with Crippen molar-refractivity contribution >= 4 is 15.5 Å². The van der Waals surface area contributed by atoms with Gasteiger partial charge in [-0.25, -0.2) is 13.4 Å². The highest BCUT2D eigenvalue weighted by Gasteiger charge is 2.25. The fourth-order valence-electron chi connectivity index (χ4n) is 2.29. The molecule has 2 aromatic rings. The SMILES string of the molecule is Cc1cc2nnc(CC3CS(=O)(=O)CCN3)n2cn1. The number of rotatable bonds is 2. The summed E-state index contributed by atoms with van der Waals surface area (Å²) >= 11 is 0. The van der Waals surface area contributed by atoms with Crippen LogP contribution < -0.4 is 5.32 Å². The lowest BCUT2D eigenvalue weighted by molar-refractivity contribution is 0.507. The molecule has 0 aromatic carbocycles. The normalized spacial score (nSPS) is 22.7. The minimum absolute atomic E-state index is 0.104. The molecule has 0 radical (unpaired) electrons. The van der Waals surface area contributed by atoms with E-state index < -0.39 is 9.84 Å². The van der Waals surface area contributed by atoms with Crippen LogP contribution in [0.15, 0.2) is 12.4 Å². The first-order valence-electron chi connectivity index (χ1n) is 6.13. The third-order valence-electron chi connectivity index (χ3n) is 3.24. The molecule has 2 aromatic heterocycles. The van der Waals surface area contributed by atoms with E-state index in [0.717, 1.165) is 17.2 Å². The maximum Gasteiger partial charge on any atom is 0.163 e. The van der Waals surface area contributed by atoms with Gasteiger partial charge in [0.25, 0.3) is 0 Å². The summed E-state index contributed by atoms with van der Waals surface area (Å²) in [5, 5.41) is 11.4. The molecule has 1 aliphatic rings. The van der Waals surface area contributed by atoms with Crippen LogP contribution in [0.4, 0.5) is 0 Å². The van der Waals surface area contributed by atoms with Crippen LogP contribution in [0.3, 0.4) is 0 Å².